The number of benzene rings is 1. The molecule has 1 aliphatic rings. The van der Waals surface area contributed by atoms with Gasteiger partial charge in [0, 0.05) is 25.2 Å². The third kappa shape index (κ3) is 4.25. The molecule has 1 aliphatic carbocycles. The maximum atomic E-state index is 13.3. The van der Waals surface area contributed by atoms with Crippen molar-refractivity contribution < 1.29 is 19.5 Å². The number of hydrogen-bond donors (Lipinski definition) is 2. The van der Waals surface area contributed by atoms with Crippen molar-refractivity contribution in [2.24, 2.45) is 0 Å². The SMILES string of the molecule is CCCCN(CC)C(=O)c1cc(C(=O)N[C@H]2CCc3c2ccc(C(=O)O)c3C)n2nccc2n1. The molecule has 0 spiro atoms. The van der Waals surface area contributed by atoms with E-state index < -0.39 is 5.97 Å². The highest BCUT2D eigenvalue weighted by Gasteiger charge is 2.29. The van der Waals surface area contributed by atoms with Gasteiger partial charge in [0.2, 0.25) is 0 Å². The van der Waals surface area contributed by atoms with E-state index in [4.69, 9.17) is 0 Å². The van der Waals surface area contributed by atoms with Gasteiger partial charge in [-0.3, -0.25) is 9.59 Å². The highest BCUT2D eigenvalue weighted by molar-refractivity contribution is 5.98. The van der Waals surface area contributed by atoms with E-state index in [0.717, 1.165) is 29.5 Å². The number of carbonyl (C=O) groups is 3. The Bertz CT molecular complexity index is 1270. The van der Waals surface area contributed by atoms with Crippen LogP contribution in [0, 0.1) is 6.92 Å². The van der Waals surface area contributed by atoms with Crippen molar-refractivity contribution in [2.75, 3.05) is 13.1 Å². The number of nitrogens with one attached hydrogen (secondary N) is 1. The quantitative estimate of drug-likeness (QED) is 0.529. The summed E-state index contributed by atoms with van der Waals surface area (Å²) in [6, 6.07) is 6.28. The average molecular weight is 464 g/mol. The summed E-state index contributed by atoms with van der Waals surface area (Å²) >= 11 is 0. The van der Waals surface area contributed by atoms with Crippen molar-refractivity contribution in [3.63, 3.8) is 0 Å². The van der Waals surface area contributed by atoms with Crippen molar-refractivity contribution in [3.05, 3.63) is 64.1 Å². The zero-order chi connectivity index (χ0) is 24.4. The van der Waals surface area contributed by atoms with Crippen LogP contribution in [0.2, 0.25) is 0 Å². The molecule has 2 N–H and O–H groups in total. The number of carboxylic acid groups (broad SMARTS) is 1. The molecule has 1 atom stereocenters. The number of unbranched alkanes of at least 4 members (excludes halogenated alkanes) is 1. The molecule has 178 valence electrons. The predicted molar refractivity (Wildman–Crippen MR) is 126 cm³/mol. The van der Waals surface area contributed by atoms with Crippen molar-refractivity contribution in [3.8, 4) is 0 Å². The first kappa shape index (κ1) is 23.4. The summed E-state index contributed by atoms with van der Waals surface area (Å²) in [7, 11) is 0. The van der Waals surface area contributed by atoms with E-state index in [1.165, 1.54) is 10.6 Å². The molecule has 4 rings (SSSR count). The van der Waals surface area contributed by atoms with Crippen LogP contribution in [0.5, 0.6) is 0 Å². The molecule has 0 radical (unpaired) electrons. The molecule has 9 heteroatoms. The molecule has 2 heterocycles. The fourth-order valence-corrected chi connectivity index (χ4v) is 4.59. The molecule has 9 nitrogen and oxygen atoms in total. The Morgan fingerprint density at radius 2 is 2.03 bits per heavy atom. The molecule has 0 bridgehead atoms. The zero-order valence-electron chi connectivity index (χ0n) is 19.7. The lowest BCUT2D eigenvalue weighted by Crippen LogP contribution is -2.34. The van der Waals surface area contributed by atoms with Gasteiger partial charge in [0.25, 0.3) is 11.8 Å². The predicted octanol–water partition coefficient (Wildman–Crippen LogP) is 3.42. The second-order valence-corrected chi connectivity index (χ2v) is 8.54. The molecule has 2 aromatic heterocycles. The Morgan fingerprint density at radius 3 is 2.74 bits per heavy atom. The summed E-state index contributed by atoms with van der Waals surface area (Å²) < 4.78 is 1.43. The van der Waals surface area contributed by atoms with Crippen molar-refractivity contribution in [1.29, 1.82) is 0 Å². The summed E-state index contributed by atoms with van der Waals surface area (Å²) in [4.78, 5) is 44.1. The minimum atomic E-state index is -0.956. The van der Waals surface area contributed by atoms with Crippen LogP contribution in [0.25, 0.3) is 5.65 Å². The summed E-state index contributed by atoms with van der Waals surface area (Å²) in [5, 5.41) is 16.7. The summed E-state index contributed by atoms with van der Waals surface area (Å²) in [6.07, 6.45) is 4.77. The van der Waals surface area contributed by atoms with Crippen LogP contribution in [0.15, 0.2) is 30.5 Å². The molecule has 3 aromatic rings. The van der Waals surface area contributed by atoms with Crippen LogP contribution in [0.4, 0.5) is 0 Å². The average Bonchev–Trinajstić information content (AvgIpc) is 3.46. The van der Waals surface area contributed by atoms with E-state index >= 15 is 0 Å². The van der Waals surface area contributed by atoms with Gasteiger partial charge in [0.05, 0.1) is 17.8 Å². The van der Waals surface area contributed by atoms with Crippen LogP contribution < -0.4 is 5.32 Å². The van der Waals surface area contributed by atoms with E-state index in [-0.39, 0.29) is 34.8 Å². The molecule has 0 aliphatic heterocycles. The number of carbonyl (C=O) groups excluding carboxylic acids is 2. The molecular formula is C25H29N5O4. The molecule has 0 fully saturated rings. The van der Waals surface area contributed by atoms with Crippen molar-refractivity contribution >= 4 is 23.4 Å². The number of carboxylic acids is 1. The number of rotatable bonds is 8. The lowest BCUT2D eigenvalue weighted by atomic mass is 9.98. The maximum Gasteiger partial charge on any atom is 0.335 e. The molecule has 34 heavy (non-hydrogen) atoms. The Kier molecular flexibility index (Phi) is 6.63. The van der Waals surface area contributed by atoms with Gasteiger partial charge < -0.3 is 15.3 Å². The van der Waals surface area contributed by atoms with E-state index in [1.54, 1.807) is 36.2 Å². The first-order valence-corrected chi connectivity index (χ1v) is 11.7. The van der Waals surface area contributed by atoms with Crippen LogP contribution >= 0.6 is 0 Å². The second-order valence-electron chi connectivity index (χ2n) is 8.54. The van der Waals surface area contributed by atoms with E-state index in [1.807, 2.05) is 6.92 Å². The molecule has 1 aromatic carbocycles. The third-order valence-corrected chi connectivity index (χ3v) is 6.49. The van der Waals surface area contributed by atoms with E-state index in [0.29, 0.717) is 31.6 Å². The first-order valence-electron chi connectivity index (χ1n) is 11.7. The Balaban J connectivity index is 1.63. The number of fused-ring (bicyclic) bond motifs is 2. The lowest BCUT2D eigenvalue weighted by molar-refractivity contribution is 0.0694. The normalized spacial score (nSPS) is 14.7. The van der Waals surface area contributed by atoms with Gasteiger partial charge in [-0.15, -0.1) is 0 Å². The molecule has 2 amide bonds. The summed E-state index contributed by atoms with van der Waals surface area (Å²) in [5.41, 5.74) is 3.78. The third-order valence-electron chi connectivity index (χ3n) is 6.49. The fraction of sp³-hybridized carbons (Fsp3) is 0.400. The number of nitrogens with zero attached hydrogens (tertiary/aromatic N) is 4. The van der Waals surface area contributed by atoms with Crippen molar-refractivity contribution in [2.45, 2.75) is 52.5 Å². The fourth-order valence-electron chi connectivity index (χ4n) is 4.59. The zero-order valence-corrected chi connectivity index (χ0v) is 19.7. The molecule has 0 saturated heterocycles. The number of hydrogen-bond acceptors (Lipinski definition) is 5. The highest BCUT2D eigenvalue weighted by Crippen LogP contribution is 2.35. The van der Waals surface area contributed by atoms with Gasteiger partial charge in [0.15, 0.2) is 5.65 Å². The standard InChI is InChI=1S/C25H29N5O4/c1-4-6-13-29(5-2)24(32)20-14-21(30-22(27-20)11-12-26-30)23(31)28-19-10-9-16-15(3)17(25(33)34)7-8-18(16)19/h7-8,11-12,14,19H,4-6,9-10,13H2,1-3H3,(H,28,31)(H,33,34)/t19-/m0/s1. The Hall–Kier alpha value is -3.75. The van der Waals surface area contributed by atoms with Gasteiger partial charge >= 0.3 is 5.97 Å². The highest BCUT2D eigenvalue weighted by atomic mass is 16.4. The van der Waals surface area contributed by atoms with Crippen LogP contribution in [-0.4, -0.2) is 55.5 Å². The number of aromatic carboxylic acids is 1. The molecular weight excluding hydrogens is 434 g/mol. The largest absolute Gasteiger partial charge is 0.478 e. The van der Waals surface area contributed by atoms with Crippen LogP contribution in [-0.2, 0) is 6.42 Å². The molecule has 0 saturated carbocycles. The smallest absolute Gasteiger partial charge is 0.335 e. The first-order chi connectivity index (χ1) is 16.3. The van der Waals surface area contributed by atoms with E-state index in [9.17, 15) is 19.5 Å². The summed E-state index contributed by atoms with van der Waals surface area (Å²) in [5.74, 6) is -1.53. The van der Waals surface area contributed by atoms with Crippen LogP contribution in [0.1, 0.15) is 87.2 Å². The van der Waals surface area contributed by atoms with Crippen LogP contribution in [0.3, 0.4) is 0 Å². The summed E-state index contributed by atoms with van der Waals surface area (Å²) in [6.45, 7) is 6.99. The Morgan fingerprint density at radius 1 is 1.24 bits per heavy atom. The number of amides is 2. The minimum Gasteiger partial charge on any atom is -0.478 e. The molecule has 0 unspecified atom stereocenters. The van der Waals surface area contributed by atoms with E-state index in [2.05, 4.69) is 22.3 Å². The minimum absolute atomic E-state index is 0.211. The van der Waals surface area contributed by atoms with Gasteiger partial charge in [-0.1, -0.05) is 19.4 Å². The Labute approximate surface area is 197 Å². The van der Waals surface area contributed by atoms with Gasteiger partial charge in [-0.2, -0.15) is 5.10 Å². The maximum absolute atomic E-state index is 13.3. The topological polar surface area (TPSA) is 117 Å². The lowest BCUT2D eigenvalue weighted by Gasteiger charge is -2.21. The monoisotopic (exact) mass is 463 g/mol. The van der Waals surface area contributed by atoms with Crippen molar-refractivity contribution in [1.82, 2.24) is 24.8 Å². The van der Waals surface area contributed by atoms with Gasteiger partial charge in [-0.05, 0) is 55.9 Å². The van der Waals surface area contributed by atoms with Gasteiger partial charge in [0.1, 0.15) is 11.4 Å². The van der Waals surface area contributed by atoms with Gasteiger partial charge in [-0.25, -0.2) is 14.3 Å². The number of aromatic nitrogens is 3. The second kappa shape index (κ2) is 9.62.